The van der Waals surface area contributed by atoms with Crippen LogP contribution in [-0.4, -0.2) is 17.0 Å². The summed E-state index contributed by atoms with van der Waals surface area (Å²) in [4.78, 5) is 24.0. The molecule has 0 spiro atoms. The Hall–Kier alpha value is -0.160. The van der Waals surface area contributed by atoms with E-state index in [-0.39, 0.29) is 17.1 Å². The van der Waals surface area contributed by atoms with E-state index < -0.39 is 5.79 Å². The molecule has 0 aromatic carbocycles. The molecule has 0 aromatic rings. The van der Waals surface area contributed by atoms with E-state index in [0.29, 0.717) is 5.92 Å². The molecule has 2 atom stereocenters. The third-order valence-corrected chi connectivity index (χ3v) is 5.56. The van der Waals surface area contributed by atoms with Gasteiger partial charge in [-0.25, -0.2) is 9.78 Å². The van der Waals surface area contributed by atoms with E-state index in [1.54, 1.807) is 0 Å². The van der Waals surface area contributed by atoms with E-state index >= 15 is 0 Å². The standard InChI is InChI=1S/C22H44O4/c1-9-11-15-20(5,6)23-25-22(17-18(3)13-14-19(22)4)26-24-21(7,8)16-12-10-2/h18-19H,9-17H2,1-8H3. The lowest BCUT2D eigenvalue weighted by Gasteiger charge is -2.44. The zero-order chi connectivity index (χ0) is 19.8. The van der Waals surface area contributed by atoms with Crippen LogP contribution in [0.3, 0.4) is 0 Å². The van der Waals surface area contributed by atoms with Gasteiger partial charge in [0, 0.05) is 12.3 Å². The van der Waals surface area contributed by atoms with Gasteiger partial charge in [-0.1, -0.05) is 59.8 Å². The second-order valence-corrected chi connectivity index (χ2v) is 9.66. The van der Waals surface area contributed by atoms with Crippen molar-refractivity contribution in [1.82, 2.24) is 0 Å². The quantitative estimate of drug-likeness (QED) is 0.210. The van der Waals surface area contributed by atoms with Crippen LogP contribution in [0.15, 0.2) is 0 Å². The van der Waals surface area contributed by atoms with Crippen molar-refractivity contribution in [3.63, 3.8) is 0 Å². The van der Waals surface area contributed by atoms with Crippen LogP contribution in [0.1, 0.15) is 113 Å². The molecule has 1 saturated carbocycles. The molecule has 1 aliphatic carbocycles. The van der Waals surface area contributed by atoms with Gasteiger partial charge >= 0.3 is 0 Å². The summed E-state index contributed by atoms with van der Waals surface area (Å²) in [5, 5.41) is 0. The molecule has 0 aromatic heterocycles. The predicted molar refractivity (Wildman–Crippen MR) is 106 cm³/mol. The van der Waals surface area contributed by atoms with E-state index in [9.17, 15) is 0 Å². The Morgan fingerprint density at radius 2 is 1.27 bits per heavy atom. The molecule has 0 amide bonds. The Balaban J connectivity index is 2.80. The van der Waals surface area contributed by atoms with E-state index in [1.807, 2.05) is 0 Å². The normalized spacial score (nSPS) is 24.0. The Morgan fingerprint density at radius 1 is 0.808 bits per heavy atom. The van der Waals surface area contributed by atoms with Crippen molar-refractivity contribution in [2.75, 3.05) is 0 Å². The molecule has 1 aliphatic rings. The smallest absolute Gasteiger partial charge is 0.228 e. The van der Waals surface area contributed by atoms with Gasteiger partial charge in [0.1, 0.15) is 0 Å². The number of unbranched alkanes of at least 4 members (excludes halogenated alkanes) is 2. The van der Waals surface area contributed by atoms with Crippen LogP contribution < -0.4 is 0 Å². The molecule has 2 unspecified atom stereocenters. The minimum Gasteiger partial charge on any atom is -0.228 e. The Kier molecular flexibility index (Phi) is 9.55. The molecule has 4 nitrogen and oxygen atoms in total. The zero-order valence-corrected chi connectivity index (χ0v) is 18.7. The minimum atomic E-state index is -0.829. The molecule has 0 N–H and O–H groups in total. The molecular formula is C22H44O4. The molecule has 26 heavy (non-hydrogen) atoms. The van der Waals surface area contributed by atoms with Gasteiger partial charge in [-0.3, -0.25) is 0 Å². The summed E-state index contributed by atoms with van der Waals surface area (Å²) in [6, 6.07) is 0. The third kappa shape index (κ3) is 7.84. The third-order valence-electron chi connectivity index (χ3n) is 5.56. The maximum atomic E-state index is 6.07. The maximum absolute atomic E-state index is 6.07. The summed E-state index contributed by atoms with van der Waals surface area (Å²) in [6.45, 7) is 17.1. The van der Waals surface area contributed by atoms with Gasteiger partial charge in [-0.05, 0) is 52.9 Å². The molecule has 1 rings (SSSR count). The summed E-state index contributed by atoms with van der Waals surface area (Å²) < 4.78 is 0. The fraction of sp³-hybridized carbons (Fsp3) is 1.00. The highest BCUT2D eigenvalue weighted by molar-refractivity contribution is 4.84. The van der Waals surface area contributed by atoms with E-state index in [1.165, 1.54) is 6.42 Å². The van der Waals surface area contributed by atoms with Crippen LogP contribution in [0.4, 0.5) is 0 Å². The van der Waals surface area contributed by atoms with E-state index in [4.69, 9.17) is 19.6 Å². The molecule has 156 valence electrons. The van der Waals surface area contributed by atoms with Crippen LogP contribution in [0.2, 0.25) is 0 Å². The van der Waals surface area contributed by atoms with Gasteiger partial charge in [0.2, 0.25) is 5.79 Å². The van der Waals surface area contributed by atoms with E-state index in [0.717, 1.165) is 51.4 Å². The Labute approximate surface area is 162 Å². The van der Waals surface area contributed by atoms with Crippen LogP contribution in [-0.2, 0) is 19.6 Å². The van der Waals surface area contributed by atoms with Crippen LogP contribution in [0.25, 0.3) is 0 Å². The van der Waals surface area contributed by atoms with Crippen molar-refractivity contribution < 1.29 is 19.6 Å². The largest absolute Gasteiger partial charge is 0.236 e. The zero-order valence-electron chi connectivity index (χ0n) is 18.7. The van der Waals surface area contributed by atoms with Gasteiger partial charge in [0.15, 0.2) is 0 Å². The highest BCUT2D eigenvalue weighted by atomic mass is 17.3. The monoisotopic (exact) mass is 372 g/mol. The van der Waals surface area contributed by atoms with Gasteiger partial charge < -0.3 is 0 Å². The average Bonchev–Trinajstić information content (AvgIpc) is 2.58. The van der Waals surface area contributed by atoms with Crippen molar-refractivity contribution in [1.29, 1.82) is 0 Å². The molecular weight excluding hydrogens is 328 g/mol. The van der Waals surface area contributed by atoms with Gasteiger partial charge in [0.25, 0.3) is 0 Å². The predicted octanol–water partition coefficient (Wildman–Crippen LogP) is 6.97. The Morgan fingerprint density at radius 3 is 1.69 bits per heavy atom. The van der Waals surface area contributed by atoms with Crippen LogP contribution in [0, 0.1) is 11.8 Å². The molecule has 0 aliphatic heterocycles. The highest BCUT2D eigenvalue weighted by Crippen LogP contribution is 2.42. The topological polar surface area (TPSA) is 36.9 Å². The van der Waals surface area contributed by atoms with E-state index in [2.05, 4.69) is 55.4 Å². The second-order valence-electron chi connectivity index (χ2n) is 9.66. The van der Waals surface area contributed by atoms with Crippen LogP contribution in [0.5, 0.6) is 0 Å². The first kappa shape index (κ1) is 23.9. The first-order chi connectivity index (χ1) is 12.1. The summed E-state index contributed by atoms with van der Waals surface area (Å²) >= 11 is 0. The lowest BCUT2D eigenvalue weighted by Crippen LogP contribution is -2.49. The summed E-state index contributed by atoms with van der Waals surface area (Å²) in [6.07, 6.45) is 9.51. The maximum Gasteiger partial charge on any atom is 0.236 e. The summed E-state index contributed by atoms with van der Waals surface area (Å²) in [7, 11) is 0. The van der Waals surface area contributed by atoms with Crippen molar-refractivity contribution in [2.45, 2.75) is 130 Å². The molecule has 0 heterocycles. The highest BCUT2D eigenvalue weighted by Gasteiger charge is 2.48. The number of hydrogen-bond acceptors (Lipinski definition) is 4. The van der Waals surface area contributed by atoms with Gasteiger partial charge in [0.05, 0.1) is 11.2 Å². The van der Waals surface area contributed by atoms with Crippen molar-refractivity contribution >= 4 is 0 Å². The molecule has 1 fully saturated rings. The summed E-state index contributed by atoms with van der Waals surface area (Å²) in [5.74, 6) is -0.0801. The molecule has 0 saturated heterocycles. The lowest BCUT2D eigenvalue weighted by molar-refractivity contribution is -0.559. The summed E-state index contributed by atoms with van der Waals surface area (Å²) in [5.41, 5.74) is -0.658. The SMILES string of the molecule is CCCCC(C)(C)OOC1(OOC(C)(C)CCCC)CC(C)CCC1C. The first-order valence-corrected chi connectivity index (χ1v) is 10.8. The number of rotatable bonds is 12. The van der Waals surface area contributed by atoms with Crippen molar-refractivity contribution in [2.24, 2.45) is 11.8 Å². The Bertz CT molecular complexity index is 368. The first-order valence-electron chi connectivity index (χ1n) is 10.8. The minimum absolute atomic E-state index is 0.225. The average molecular weight is 373 g/mol. The lowest BCUT2D eigenvalue weighted by atomic mass is 9.79. The second kappa shape index (κ2) is 10.4. The molecule has 0 radical (unpaired) electrons. The van der Waals surface area contributed by atoms with Crippen molar-refractivity contribution in [3.05, 3.63) is 0 Å². The van der Waals surface area contributed by atoms with Gasteiger partial charge in [-0.2, -0.15) is 9.78 Å². The molecule has 0 bridgehead atoms. The van der Waals surface area contributed by atoms with Crippen molar-refractivity contribution in [3.8, 4) is 0 Å². The fourth-order valence-electron chi connectivity index (χ4n) is 3.44. The molecule has 4 heteroatoms. The fourth-order valence-corrected chi connectivity index (χ4v) is 3.44. The van der Waals surface area contributed by atoms with Gasteiger partial charge in [-0.15, -0.1) is 0 Å². The number of hydrogen-bond donors (Lipinski definition) is 0. The van der Waals surface area contributed by atoms with Crippen LogP contribution >= 0.6 is 0 Å².